The lowest BCUT2D eigenvalue weighted by Gasteiger charge is -2.16. The van der Waals surface area contributed by atoms with E-state index in [-0.39, 0.29) is 24.8 Å². The smallest absolute Gasteiger partial charge is 0.217 e. The number of sulfonamides is 1. The van der Waals surface area contributed by atoms with Crippen molar-refractivity contribution in [2.24, 2.45) is 11.7 Å². The van der Waals surface area contributed by atoms with Gasteiger partial charge in [-0.15, -0.1) is 12.4 Å². The summed E-state index contributed by atoms with van der Waals surface area (Å²) in [6.07, 6.45) is 0.856. The van der Waals surface area contributed by atoms with Crippen molar-refractivity contribution in [3.8, 4) is 5.75 Å². The topological polar surface area (TPSA) is 72.6 Å². The second-order valence-electron chi connectivity index (χ2n) is 5.23. The predicted octanol–water partition coefficient (Wildman–Crippen LogP) is 1.41. The normalized spacial score (nSPS) is 19.2. The van der Waals surface area contributed by atoms with Gasteiger partial charge in [-0.3, -0.25) is 0 Å². The van der Waals surface area contributed by atoms with E-state index >= 15 is 0 Å². The predicted molar refractivity (Wildman–Crippen MR) is 86.4 cm³/mol. The quantitative estimate of drug-likeness (QED) is 0.853. The molecule has 0 saturated carbocycles. The highest BCUT2D eigenvalue weighted by atomic mass is 35.5. The summed E-state index contributed by atoms with van der Waals surface area (Å²) in [6, 6.07) is 7.58. The van der Waals surface area contributed by atoms with E-state index in [0.29, 0.717) is 31.3 Å². The lowest BCUT2D eigenvalue weighted by Crippen LogP contribution is -2.33. The second kappa shape index (κ2) is 7.98. The van der Waals surface area contributed by atoms with E-state index in [9.17, 15) is 8.42 Å². The molecule has 5 nitrogen and oxygen atoms in total. The Hall–Kier alpha value is -0.820. The Morgan fingerprint density at radius 1 is 1.33 bits per heavy atom. The van der Waals surface area contributed by atoms with Gasteiger partial charge in [0, 0.05) is 13.1 Å². The molecule has 0 amide bonds. The van der Waals surface area contributed by atoms with E-state index in [2.05, 4.69) is 0 Å². The average molecular weight is 335 g/mol. The van der Waals surface area contributed by atoms with Crippen molar-refractivity contribution in [3.05, 3.63) is 29.8 Å². The van der Waals surface area contributed by atoms with Crippen LogP contribution < -0.4 is 10.5 Å². The first-order valence-corrected chi connectivity index (χ1v) is 8.49. The molecule has 0 aromatic heterocycles. The van der Waals surface area contributed by atoms with Gasteiger partial charge in [0.2, 0.25) is 10.0 Å². The van der Waals surface area contributed by atoms with Gasteiger partial charge in [-0.25, -0.2) is 12.7 Å². The molecular weight excluding hydrogens is 312 g/mol. The van der Waals surface area contributed by atoms with Crippen molar-refractivity contribution in [3.63, 3.8) is 0 Å². The first-order valence-electron chi connectivity index (χ1n) is 6.88. The standard InChI is InChI=1S/C14H22N2O3S.ClH/c1-12-2-4-14(5-3-12)19-8-9-20(17,18)16-7-6-13(10-15)11-16;/h2-5,13H,6-11,15H2,1H3;1H. The van der Waals surface area contributed by atoms with Gasteiger partial charge in [0.05, 0.1) is 5.75 Å². The number of aryl methyl sites for hydroxylation is 1. The highest BCUT2D eigenvalue weighted by Crippen LogP contribution is 2.19. The van der Waals surface area contributed by atoms with E-state index in [4.69, 9.17) is 10.5 Å². The van der Waals surface area contributed by atoms with Crippen LogP contribution in [0.25, 0.3) is 0 Å². The van der Waals surface area contributed by atoms with E-state index in [1.54, 1.807) is 0 Å². The van der Waals surface area contributed by atoms with Crippen LogP contribution in [-0.4, -0.2) is 44.7 Å². The maximum Gasteiger partial charge on any atom is 0.217 e. The molecule has 1 aliphatic rings. The molecule has 0 spiro atoms. The number of hydrogen-bond acceptors (Lipinski definition) is 4. The molecule has 0 radical (unpaired) electrons. The van der Waals surface area contributed by atoms with Crippen LogP contribution in [0.2, 0.25) is 0 Å². The highest BCUT2D eigenvalue weighted by Gasteiger charge is 2.30. The number of hydrogen-bond donors (Lipinski definition) is 1. The van der Waals surface area contributed by atoms with E-state index in [1.807, 2.05) is 31.2 Å². The molecule has 1 atom stereocenters. The van der Waals surface area contributed by atoms with Gasteiger partial charge in [0.15, 0.2) is 0 Å². The average Bonchev–Trinajstić information content (AvgIpc) is 2.90. The molecule has 7 heteroatoms. The Bertz CT molecular complexity index is 534. The van der Waals surface area contributed by atoms with Gasteiger partial charge in [-0.2, -0.15) is 0 Å². The van der Waals surface area contributed by atoms with Crippen LogP contribution in [0.3, 0.4) is 0 Å². The van der Waals surface area contributed by atoms with Gasteiger partial charge in [-0.05, 0) is 37.9 Å². The number of benzene rings is 1. The summed E-state index contributed by atoms with van der Waals surface area (Å²) >= 11 is 0. The number of ether oxygens (including phenoxy) is 1. The van der Waals surface area contributed by atoms with Crippen molar-refractivity contribution >= 4 is 22.4 Å². The molecule has 2 N–H and O–H groups in total. The highest BCUT2D eigenvalue weighted by molar-refractivity contribution is 7.89. The van der Waals surface area contributed by atoms with Crippen LogP contribution in [0.1, 0.15) is 12.0 Å². The molecule has 1 aromatic rings. The van der Waals surface area contributed by atoms with Crippen molar-refractivity contribution < 1.29 is 13.2 Å². The third-order valence-electron chi connectivity index (χ3n) is 3.61. The summed E-state index contributed by atoms with van der Waals surface area (Å²) < 4.78 is 31.3. The van der Waals surface area contributed by atoms with Crippen LogP contribution >= 0.6 is 12.4 Å². The number of nitrogens with two attached hydrogens (primary N) is 1. The zero-order valence-corrected chi connectivity index (χ0v) is 13.8. The van der Waals surface area contributed by atoms with Gasteiger partial charge in [0.25, 0.3) is 0 Å². The van der Waals surface area contributed by atoms with E-state index in [1.165, 1.54) is 4.31 Å². The van der Waals surface area contributed by atoms with Crippen LogP contribution in [0.5, 0.6) is 5.75 Å². The largest absolute Gasteiger partial charge is 0.492 e. The molecule has 1 aromatic carbocycles. The zero-order valence-electron chi connectivity index (χ0n) is 12.2. The molecule has 1 fully saturated rings. The molecular formula is C14H23ClN2O3S. The summed E-state index contributed by atoms with van der Waals surface area (Å²) in [6.45, 7) is 3.84. The van der Waals surface area contributed by atoms with Gasteiger partial charge < -0.3 is 10.5 Å². The Balaban J connectivity index is 0.00000220. The number of nitrogens with zero attached hydrogens (tertiary/aromatic N) is 1. The van der Waals surface area contributed by atoms with Crippen LogP contribution in [0.15, 0.2) is 24.3 Å². The fourth-order valence-corrected chi connectivity index (χ4v) is 3.64. The molecule has 2 rings (SSSR count). The second-order valence-corrected chi connectivity index (χ2v) is 7.31. The van der Waals surface area contributed by atoms with E-state index < -0.39 is 10.0 Å². The lowest BCUT2D eigenvalue weighted by molar-refractivity contribution is 0.336. The number of halogens is 1. The molecule has 21 heavy (non-hydrogen) atoms. The van der Waals surface area contributed by atoms with E-state index in [0.717, 1.165) is 12.0 Å². The summed E-state index contributed by atoms with van der Waals surface area (Å²) in [4.78, 5) is 0. The van der Waals surface area contributed by atoms with Gasteiger partial charge in [0.1, 0.15) is 12.4 Å². The number of rotatable bonds is 6. The Kier molecular flexibility index (Phi) is 6.93. The first kappa shape index (κ1) is 18.2. The summed E-state index contributed by atoms with van der Waals surface area (Å²) in [5, 5.41) is 0. The lowest BCUT2D eigenvalue weighted by atomic mass is 10.1. The van der Waals surface area contributed by atoms with Crippen molar-refractivity contribution in [2.45, 2.75) is 13.3 Å². The minimum atomic E-state index is -3.23. The van der Waals surface area contributed by atoms with Crippen molar-refractivity contribution in [1.82, 2.24) is 4.31 Å². The Labute approximate surface area is 132 Å². The van der Waals surface area contributed by atoms with Crippen LogP contribution in [-0.2, 0) is 10.0 Å². The molecule has 0 bridgehead atoms. The van der Waals surface area contributed by atoms with Gasteiger partial charge >= 0.3 is 0 Å². The van der Waals surface area contributed by atoms with Crippen molar-refractivity contribution in [2.75, 3.05) is 32.0 Å². The fourth-order valence-electron chi connectivity index (χ4n) is 2.27. The summed E-state index contributed by atoms with van der Waals surface area (Å²) in [5.41, 5.74) is 6.73. The SMILES string of the molecule is Cc1ccc(OCCS(=O)(=O)N2CCC(CN)C2)cc1.Cl. The Morgan fingerprint density at radius 3 is 2.57 bits per heavy atom. The molecule has 120 valence electrons. The molecule has 1 aliphatic heterocycles. The van der Waals surface area contributed by atoms with Gasteiger partial charge in [-0.1, -0.05) is 17.7 Å². The van der Waals surface area contributed by atoms with Crippen LogP contribution in [0.4, 0.5) is 0 Å². The maximum absolute atomic E-state index is 12.1. The fraction of sp³-hybridized carbons (Fsp3) is 0.571. The summed E-state index contributed by atoms with van der Waals surface area (Å²) in [7, 11) is -3.23. The van der Waals surface area contributed by atoms with Crippen molar-refractivity contribution in [1.29, 1.82) is 0 Å². The first-order chi connectivity index (χ1) is 9.51. The zero-order chi connectivity index (χ0) is 14.6. The van der Waals surface area contributed by atoms with Crippen LogP contribution in [0, 0.1) is 12.8 Å². The third kappa shape index (κ3) is 5.14. The monoisotopic (exact) mass is 334 g/mol. The molecule has 1 heterocycles. The maximum atomic E-state index is 12.1. The molecule has 1 unspecified atom stereocenters. The third-order valence-corrected chi connectivity index (χ3v) is 5.41. The minimum absolute atomic E-state index is 0. The molecule has 1 saturated heterocycles. The summed E-state index contributed by atoms with van der Waals surface area (Å²) in [5.74, 6) is 1.01. The minimum Gasteiger partial charge on any atom is -0.492 e. The molecule has 0 aliphatic carbocycles. The Morgan fingerprint density at radius 2 is 2.00 bits per heavy atom.